The minimum atomic E-state index is -0.557. The van der Waals surface area contributed by atoms with E-state index in [9.17, 15) is 5.11 Å². The van der Waals surface area contributed by atoms with Gasteiger partial charge in [-0.2, -0.15) is 0 Å². The maximum Gasteiger partial charge on any atom is 0.179 e. The summed E-state index contributed by atoms with van der Waals surface area (Å²) in [6.07, 6.45) is 0.136. The number of aliphatic hydroxyl groups excluding tert-OH is 1. The van der Waals surface area contributed by atoms with Gasteiger partial charge in [0.1, 0.15) is 6.10 Å². The molecular weight excluding hydrogens is 192 g/mol. The number of aliphatic hydroxyl groups is 1. The summed E-state index contributed by atoms with van der Waals surface area (Å²) in [6.45, 7) is 9.08. The van der Waals surface area contributed by atoms with Gasteiger partial charge in [0.05, 0.1) is 0 Å². The predicted octanol–water partition coefficient (Wildman–Crippen LogP) is 1.41. The van der Waals surface area contributed by atoms with Crippen molar-refractivity contribution in [2.24, 2.45) is 11.8 Å². The van der Waals surface area contributed by atoms with E-state index >= 15 is 0 Å². The van der Waals surface area contributed by atoms with Crippen molar-refractivity contribution in [2.45, 2.75) is 46.8 Å². The lowest BCUT2D eigenvalue weighted by Gasteiger charge is -2.13. The molecule has 0 radical (unpaired) electrons. The van der Waals surface area contributed by atoms with Crippen LogP contribution in [0.1, 0.15) is 46.0 Å². The lowest BCUT2D eigenvalue weighted by Crippen LogP contribution is -2.14. The molecule has 0 saturated heterocycles. The number of aromatic nitrogens is 4. The average molecular weight is 212 g/mol. The van der Waals surface area contributed by atoms with Crippen molar-refractivity contribution < 1.29 is 5.11 Å². The normalized spacial score (nSPS) is 13.8. The van der Waals surface area contributed by atoms with Crippen molar-refractivity contribution in [3.63, 3.8) is 0 Å². The quantitative estimate of drug-likeness (QED) is 0.801. The van der Waals surface area contributed by atoms with Gasteiger partial charge in [0.25, 0.3) is 0 Å². The first-order valence-corrected chi connectivity index (χ1v) is 5.44. The highest BCUT2D eigenvalue weighted by Gasteiger charge is 2.17. The van der Waals surface area contributed by atoms with Crippen LogP contribution in [0.15, 0.2) is 0 Å². The number of hydrogen-bond donors (Lipinski definition) is 1. The molecule has 1 aromatic rings. The van der Waals surface area contributed by atoms with Gasteiger partial charge >= 0.3 is 0 Å². The van der Waals surface area contributed by atoms with Crippen LogP contribution in [0, 0.1) is 11.8 Å². The summed E-state index contributed by atoms with van der Waals surface area (Å²) in [4.78, 5) is 0. The van der Waals surface area contributed by atoms with Crippen molar-refractivity contribution in [1.29, 1.82) is 0 Å². The zero-order chi connectivity index (χ0) is 11.4. The van der Waals surface area contributed by atoms with E-state index in [2.05, 4.69) is 43.2 Å². The highest BCUT2D eigenvalue weighted by molar-refractivity contribution is 4.87. The molecule has 1 N–H and O–H groups in total. The molecule has 0 aromatic carbocycles. The largest absolute Gasteiger partial charge is 0.385 e. The fourth-order valence-corrected chi connectivity index (χ4v) is 1.48. The summed E-state index contributed by atoms with van der Waals surface area (Å²) >= 11 is 0. The summed E-state index contributed by atoms with van der Waals surface area (Å²) in [5.74, 6) is 1.49. The fraction of sp³-hybridized carbons (Fsp3) is 0.900. The second kappa shape index (κ2) is 5.21. The highest BCUT2D eigenvalue weighted by Crippen LogP contribution is 2.18. The molecule has 5 heteroatoms. The monoisotopic (exact) mass is 212 g/mol. The summed E-state index contributed by atoms with van der Waals surface area (Å²) in [5, 5.41) is 21.3. The van der Waals surface area contributed by atoms with Gasteiger partial charge in [-0.25, -0.2) is 4.68 Å². The molecule has 0 aliphatic heterocycles. The van der Waals surface area contributed by atoms with E-state index in [1.807, 2.05) is 0 Å². The molecule has 15 heavy (non-hydrogen) atoms. The highest BCUT2D eigenvalue weighted by atomic mass is 16.3. The van der Waals surface area contributed by atoms with E-state index < -0.39 is 6.10 Å². The Morgan fingerprint density at radius 1 is 1.20 bits per heavy atom. The lowest BCUT2D eigenvalue weighted by molar-refractivity contribution is 0.134. The van der Waals surface area contributed by atoms with E-state index in [0.717, 1.165) is 6.54 Å². The molecule has 0 aliphatic carbocycles. The van der Waals surface area contributed by atoms with E-state index in [1.165, 1.54) is 0 Å². The average Bonchev–Trinajstić information content (AvgIpc) is 2.49. The molecule has 5 nitrogen and oxygen atoms in total. The van der Waals surface area contributed by atoms with Gasteiger partial charge in [0.2, 0.25) is 0 Å². The minimum Gasteiger partial charge on any atom is -0.385 e. The number of rotatable bonds is 5. The standard InChI is InChI=1S/C10H20N4O/c1-7(2)5-9(15)10-11-12-13-14(10)6-8(3)4/h7-9,15H,5-6H2,1-4H3. The molecule has 0 aliphatic rings. The van der Waals surface area contributed by atoms with E-state index in [1.54, 1.807) is 4.68 Å². The molecule has 1 heterocycles. The number of hydrogen-bond acceptors (Lipinski definition) is 4. The van der Waals surface area contributed by atoms with Gasteiger partial charge in [-0.3, -0.25) is 0 Å². The van der Waals surface area contributed by atoms with Crippen molar-refractivity contribution in [2.75, 3.05) is 0 Å². The third kappa shape index (κ3) is 3.58. The number of tetrazole rings is 1. The molecule has 1 aromatic heterocycles. The second-order valence-electron chi connectivity index (χ2n) is 4.76. The maximum absolute atomic E-state index is 9.91. The molecule has 1 unspecified atom stereocenters. The summed E-state index contributed by atoms with van der Waals surface area (Å²) in [7, 11) is 0. The van der Waals surface area contributed by atoms with Gasteiger partial charge in [0.15, 0.2) is 5.82 Å². The zero-order valence-electron chi connectivity index (χ0n) is 9.88. The van der Waals surface area contributed by atoms with Crippen molar-refractivity contribution >= 4 is 0 Å². The topological polar surface area (TPSA) is 63.8 Å². The first-order valence-electron chi connectivity index (χ1n) is 5.44. The molecule has 1 atom stereocenters. The lowest BCUT2D eigenvalue weighted by atomic mass is 10.1. The van der Waals surface area contributed by atoms with Crippen LogP contribution in [0.25, 0.3) is 0 Å². The van der Waals surface area contributed by atoms with Gasteiger partial charge in [0, 0.05) is 6.54 Å². The Bertz CT molecular complexity index is 295. The van der Waals surface area contributed by atoms with Crippen molar-refractivity contribution in [3.05, 3.63) is 5.82 Å². The van der Waals surface area contributed by atoms with Gasteiger partial charge in [-0.15, -0.1) is 5.10 Å². The van der Waals surface area contributed by atoms with Crippen LogP contribution < -0.4 is 0 Å². The molecule has 0 spiro atoms. The Labute approximate surface area is 90.5 Å². The Hall–Kier alpha value is -0.970. The zero-order valence-corrected chi connectivity index (χ0v) is 9.88. The fourth-order valence-electron chi connectivity index (χ4n) is 1.48. The van der Waals surface area contributed by atoms with Crippen LogP contribution in [0.5, 0.6) is 0 Å². The van der Waals surface area contributed by atoms with Crippen LogP contribution in [-0.4, -0.2) is 25.3 Å². The summed E-state index contributed by atoms with van der Waals surface area (Å²) in [5.41, 5.74) is 0. The molecular formula is C10H20N4O. The summed E-state index contributed by atoms with van der Waals surface area (Å²) in [6, 6.07) is 0. The van der Waals surface area contributed by atoms with E-state index in [-0.39, 0.29) is 0 Å². The van der Waals surface area contributed by atoms with E-state index in [0.29, 0.717) is 24.1 Å². The van der Waals surface area contributed by atoms with Crippen molar-refractivity contribution in [3.8, 4) is 0 Å². The van der Waals surface area contributed by atoms with Gasteiger partial charge < -0.3 is 5.11 Å². The van der Waals surface area contributed by atoms with E-state index in [4.69, 9.17) is 0 Å². The first kappa shape index (κ1) is 12.1. The Balaban J connectivity index is 2.71. The van der Waals surface area contributed by atoms with Crippen LogP contribution in [0.3, 0.4) is 0 Å². The van der Waals surface area contributed by atoms with Crippen LogP contribution >= 0.6 is 0 Å². The smallest absolute Gasteiger partial charge is 0.179 e. The SMILES string of the molecule is CC(C)CC(O)c1nnnn1CC(C)C. The molecule has 0 saturated carbocycles. The Morgan fingerprint density at radius 2 is 1.87 bits per heavy atom. The van der Waals surface area contributed by atoms with Crippen LogP contribution in [-0.2, 0) is 6.54 Å². The second-order valence-corrected chi connectivity index (χ2v) is 4.76. The Kier molecular flexibility index (Phi) is 4.20. The molecule has 86 valence electrons. The predicted molar refractivity (Wildman–Crippen MR) is 57.1 cm³/mol. The third-order valence-corrected chi connectivity index (χ3v) is 2.09. The molecule has 0 amide bonds. The molecule has 0 bridgehead atoms. The van der Waals surface area contributed by atoms with Gasteiger partial charge in [-0.05, 0) is 28.7 Å². The molecule has 1 rings (SSSR count). The van der Waals surface area contributed by atoms with Crippen LogP contribution in [0.2, 0.25) is 0 Å². The minimum absolute atomic E-state index is 0.434. The number of nitrogens with zero attached hydrogens (tertiary/aromatic N) is 4. The third-order valence-electron chi connectivity index (χ3n) is 2.09. The molecule has 0 fully saturated rings. The first-order chi connectivity index (χ1) is 7.00. The van der Waals surface area contributed by atoms with Crippen molar-refractivity contribution in [1.82, 2.24) is 20.2 Å². The maximum atomic E-state index is 9.91. The summed E-state index contributed by atoms with van der Waals surface area (Å²) < 4.78 is 1.69. The van der Waals surface area contributed by atoms with Crippen LogP contribution in [0.4, 0.5) is 0 Å². The van der Waals surface area contributed by atoms with Gasteiger partial charge in [-0.1, -0.05) is 27.7 Å². The Morgan fingerprint density at radius 3 is 2.40 bits per heavy atom.